The van der Waals surface area contributed by atoms with Crippen LogP contribution in [-0.4, -0.2) is 0 Å². The molecule has 3 heteroatoms. The zero-order chi connectivity index (χ0) is 14.1. The lowest BCUT2D eigenvalue weighted by atomic mass is 9.77. The van der Waals surface area contributed by atoms with E-state index in [0.29, 0.717) is 16.0 Å². The lowest BCUT2D eigenvalue weighted by Crippen LogP contribution is -2.23. The molecule has 0 fully saturated rings. The van der Waals surface area contributed by atoms with E-state index in [0.717, 1.165) is 18.4 Å². The molecule has 1 nitrogen and oxygen atoms in total. The molecular weight excluding hydrogens is 289 g/mol. The molecule has 2 unspecified atom stereocenters. The molecule has 0 saturated carbocycles. The van der Waals surface area contributed by atoms with Crippen LogP contribution in [0.5, 0.6) is 0 Å². The molecule has 1 aliphatic carbocycles. The minimum Gasteiger partial charge on any atom is -0.323 e. The monoisotopic (exact) mass is 305 g/mol. The van der Waals surface area contributed by atoms with Gasteiger partial charge in [0.05, 0.1) is 0 Å². The van der Waals surface area contributed by atoms with Crippen LogP contribution in [0.1, 0.15) is 41.5 Å². The average molecular weight is 306 g/mol. The van der Waals surface area contributed by atoms with Crippen LogP contribution in [0.15, 0.2) is 42.5 Å². The van der Waals surface area contributed by atoms with Crippen molar-refractivity contribution < 1.29 is 0 Å². The fourth-order valence-corrected chi connectivity index (χ4v) is 3.69. The van der Waals surface area contributed by atoms with Gasteiger partial charge in [-0.3, -0.25) is 0 Å². The topological polar surface area (TPSA) is 26.0 Å². The molecule has 0 heterocycles. The van der Waals surface area contributed by atoms with E-state index in [2.05, 4.69) is 24.3 Å². The average Bonchev–Trinajstić information content (AvgIpc) is 2.46. The summed E-state index contributed by atoms with van der Waals surface area (Å²) < 4.78 is 0. The van der Waals surface area contributed by atoms with Gasteiger partial charge in [0.25, 0.3) is 0 Å². The molecule has 0 aromatic heterocycles. The Balaban J connectivity index is 1.97. The van der Waals surface area contributed by atoms with E-state index in [-0.39, 0.29) is 6.04 Å². The molecule has 2 aromatic rings. The van der Waals surface area contributed by atoms with Crippen LogP contribution in [0.25, 0.3) is 0 Å². The second kappa shape index (κ2) is 5.77. The SMILES string of the molecule is NC(c1ccc(Cl)cc1Cl)C1CCCc2ccccc21. The Kier molecular flexibility index (Phi) is 4.02. The lowest BCUT2D eigenvalue weighted by Gasteiger charge is -2.31. The fraction of sp³-hybridized carbons (Fsp3) is 0.294. The summed E-state index contributed by atoms with van der Waals surface area (Å²) in [6.45, 7) is 0. The molecule has 20 heavy (non-hydrogen) atoms. The van der Waals surface area contributed by atoms with Gasteiger partial charge in [0.2, 0.25) is 0 Å². The number of hydrogen-bond acceptors (Lipinski definition) is 1. The van der Waals surface area contributed by atoms with E-state index in [1.165, 1.54) is 17.5 Å². The molecule has 0 spiro atoms. The Bertz CT molecular complexity index is 624. The molecule has 104 valence electrons. The molecule has 2 atom stereocenters. The van der Waals surface area contributed by atoms with Gasteiger partial charge in [0, 0.05) is 22.0 Å². The van der Waals surface area contributed by atoms with Gasteiger partial charge in [0.15, 0.2) is 0 Å². The number of nitrogens with two attached hydrogens (primary N) is 1. The molecule has 2 aromatic carbocycles. The molecular formula is C17H17Cl2N. The summed E-state index contributed by atoms with van der Waals surface area (Å²) in [5.74, 6) is 0.332. The van der Waals surface area contributed by atoms with E-state index >= 15 is 0 Å². The van der Waals surface area contributed by atoms with Crippen LogP contribution < -0.4 is 5.73 Å². The van der Waals surface area contributed by atoms with Crippen LogP contribution in [0, 0.1) is 0 Å². The molecule has 0 aliphatic heterocycles. The standard InChI is InChI=1S/C17H17Cl2N/c18-12-8-9-15(16(19)10-12)17(20)14-7-3-5-11-4-1-2-6-13(11)14/h1-2,4,6,8-10,14,17H,3,5,7,20H2. The Labute approximate surface area is 129 Å². The molecule has 2 N–H and O–H groups in total. The number of benzene rings is 2. The Hall–Kier alpha value is -1.02. The van der Waals surface area contributed by atoms with Gasteiger partial charge < -0.3 is 5.73 Å². The van der Waals surface area contributed by atoms with E-state index in [4.69, 9.17) is 28.9 Å². The molecule has 0 bridgehead atoms. The van der Waals surface area contributed by atoms with Crippen molar-refractivity contribution in [3.05, 3.63) is 69.2 Å². The highest BCUT2D eigenvalue weighted by Crippen LogP contribution is 2.41. The minimum atomic E-state index is -0.0822. The van der Waals surface area contributed by atoms with Crippen molar-refractivity contribution in [2.24, 2.45) is 5.73 Å². The number of fused-ring (bicyclic) bond motifs is 1. The van der Waals surface area contributed by atoms with Crippen molar-refractivity contribution in [3.8, 4) is 0 Å². The molecule has 3 rings (SSSR count). The second-order valence-corrected chi connectivity index (χ2v) is 6.23. The minimum absolute atomic E-state index is 0.0822. The summed E-state index contributed by atoms with van der Waals surface area (Å²) >= 11 is 12.3. The lowest BCUT2D eigenvalue weighted by molar-refractivity contribution is 0.475. The van der Waals surface area contributed by atoms with Crippen molar-refractivity contribution >= 4 is 23.2 Å². The quantitative estimate of drug-likeness (QED) is 0.819. The number of rotatable bonds is 2. The normalized spacial score (nSPS) is 19.4. The smallest absolute Gasteiger partial charge is 0.0468 e. The first-order valence-corrected chi connectivity index (χ1v) is 7.71. The molecule has 0 amide bonds. The third kappa shape index (κ3) is 2.58. The molecule has 0 saturated heterocycles. The summed E-state index contributed by atoms with van der Waals surface area (Å²) in [5.41, 5.74) is 10.3. The van der Waals surface area contributed by atoms with Crippen LogP contribution in [0.3, 0.4) is 0 Å². The van der Waals surface area contributed by atoms with Crippen molar-refractivity contribution in [2.45, 2.75) is 31.2 Å². The largest absolute Gasteiger partial charge is 0.323 e. The van der Waals surface area contributed by atoms with Crippen LogP contribution in [-0.2, 0) is 6.42 Å². The summed E-state index contributed by atoms with van der Waals surface area (Å²) in [4.78, 5) is 0. The number of hydrogen-bond donors (Lipinski definition) is 1. The maximum absolute atomic E-state index is 6.51. The van der Waals surface area contributed by atoms with Crippen LogP contribution >= 0.6 is 23.2 Å². The van der Waals surface area contributed by atoms with Crippen molar-refractivity contribution in [1.29, 1.82) is 0 Å². The third-order valence-electron chi connectivity index (χ3n) is 4.17. The summed E-state index contributed by atoms with van der Waals surface area (Å²) in [6.07, 6.45) is 3.44. The summed E-state index contributed by atoms with van der Waals surface area (Å²) in [5, 5.41) is 1.31. The van der Waals surface area contributed by atoms with Gasteiger partial charge >= 0.3 is 0 Å². The first-order valence-electron chi connectivity index (χ1n) is 6.95. The van der Waals surface area contributed by atoms with E-state index < -0.39 is 0 Å². The molecule has 1 aliphatic rings. The first kappa shape index (κ1) is 13.9. The summed E-state index contributed by atoms with van der Waals surface area (Å²) in [6, 6.07) is 14.1. The van der Waals surface area contributed by atoms with Crippen molar-refractivity contribution in [2.75, 3.05) is 0 Å². The third-order valence-corrected chi connectivity index (χ3v) is 4.73. The highest BCUT2D eigenvalue weighted by Gasteiger charge is 2.27. The highest BCUT2D eigenvalue weighted by molar-refractivity contribution is 6.35. The number of aryl methyl sites for hydroxylation is 1. The highest BCUT2D eigenvalue weighted by atomic mass is 35.5. The van der Waals surface area contributed by atoms with Gasteiger partial charge in [-0.25, -0.2) is 0 Å². The van der Waals surface area contributed by atoms with E-state index in [9.17, 15) is 0 Å². The number of halogens is 2. The van der Waals surface area contributed by atoms with E-state index in [1.807, 2.05) is 12.1 Å². The van der Waals surface area contributed by atoms with Crippen LogP contribution in [0.2, 0.25) is 10.0 Å². The van der Waals surface area contributed by atoms with E-state index in [1.54, 1.807) is 6.07 Å². The van der Waals surface area contributed by atoms with Gasteiger partial charge in [0.1, 0.15) is 0 Å². The fourth-order valence-electron chi connectivity index (χ4n) is 3.15. The van der Waals surface area contributed by atoms with Gasteiger partial charge in [-0.05, 0) is 48.1 Å². The zero-order valence-corrected chi connectivity index (χ0v) is 12.7. The Morgan fingerprint density at radius 3 is 2.70 bits per heavy atom. The Morgan fingerprint density at radius 1 is 1.10 bits per heavy atom. The van der Waals surface area contributed by atoms with Crippen molar-refractivity contribution in [1.82, 2.24) is 0 Å². The summed E-state index contributed by atoms with van der Waals surface area (Å²) in [7, 11) is 0. The van der Waals surface area contributed by atoms with Crippen molar-refractivity contribution in [3.63, 3.8) is 0 Å². The predicted octanol–water partition coefficient (Wildman–Crippen LogP) is 5.11. The second-order valence-electron chi connectivity index (χ2n) is 5.39. The Morgan fingerprint density at radius 2 is 1.90 bits per heavy atom. The van der Waals surface area contributed by atoms with Gasteiger partial charge in [-0.1, -0.05) is 53.5 Å². The van der Waals surface area contributed by atoms with Gasteiger partial charge in [-0.2, -0.15) is 0 Å². The maximum atomic E-state index is 6.51. The maximum Gasteiger partial charge on any atom is 0.0468 e. The zero-order valence-electron chi connectivity index (χ0n) is 11.2. The van der Waals surface area contributed by atoms with Crippen LogP contribution in [0.4, 0.5) is 0 Å². The van der Waals surface area contributed by atoms with Gasteiger partial charge in [-0.15, -0.1) is 0 Å². The predicted molar refractivity (Wildman–Crippen MR) is 85.5 cm³/mol. The first-order chi connectivity index (χ1) is 9.66. The molecule has 0 radical (unpaired) electrons.